The fourth-order valence-corrected chi connectivity index (χ4v) is 8.44. The van der Waals surface area contributed by atoms with Crippen LogP contribution in [0.15, 0.2) is 126 Å². The molecule has 1 aliphatic rings. The Morgan fingerprint density at radius 2 is 1.33 bits per heavy atom. The molecule has 3 heteroatoms. The van der Waals surface area contributed by atoms with Gasteiger partial charge in [0.05, 0.1) is 5.69 Å². The topological polar surface area (TPSA) is 16.4 Å². The van der Waals surface area contributed by atoms with Crippen LogP contribution in [-0.4, -0.2) is 0 Å². The van der Waals surface area contributed by atoms with Crippen LogP contribution in [0.3, 0.4) is 0 Å². The molecule has 0 spiro atoms. The number of nitrogens with zero attached hydrogens (tertiary/aromatic N) is 1. The highest BCUT2D eigenvalue weighted by atomic mass is 32.1. The molecule has 0 atom stereocenters. The maximum atomic E-state index is 6.67. The number of rotatable bonds is 3. The Morgan fingerprint density at radius 1 is 0.605 bits per heavy atom. The van der Waals surface area contributed by atoms with E-state index in [0.717, 1.165) is 33.6 Å². The van der Waals surface area contributed by atoms with Crippen molar-refractivity contribution in [3.8, 4) is 11.1 Å². The Labute approximate surface area is 254 Å². The van der Waals surface area contributed by atoms with E-state index in [1.54, 1.807) is 0 Å². The van der Waals surface area contributed by atoms with Crippen LogP contribution >= 0.6 is 11.3 Å². The highest BCUT2D eigenvalue weighted by Crippen LogP contribution is 2.51. The van der Waals surface area contributed by atoms with Crippen molar-refractivity contribution in [2.45, 2.75) is 26.2 Å². The summed E-state index contributed by atoms with van der Waals surface area (Å²) in [5.41, 5.74) is 11.7. The number of hydrogen-bond donors (Lipinski definition) is 0. The molecule has 2 aromatic heterocycles. The van der Waals surface area contributed by atoms with Gasteiger partial charge < -0.3 is 9.32 Å². The summed E-state index contributed by atoms with van der Waals surface area (Å²) < 4.78 is 9.26. The van der Waals surface area contributed by atoms with E-state index in [4.69, 9.17) is 4.42 Å². The summed E-state index contributed by atoms with van der Waals surface area (Å²) in [6, 6.07) is 44.3. The maximum absolute atomic E-state index is 6.67. The third-order valence-electron chi connectivity index (χ3n) is 9.40. The van der Waals surface area contributed by atoms with Crippen LogP contribution in [0, 0.1) is 6.92 Å². The molecule has 0 saturated heterocycles. The summed E-state index contributed by atoms with van der Waals surface area (Å²) in [7, 11) is 0. The SMILES string of the molecule is Cc1cccc2oc3c(N(c4ccc5c(c4)C(C)(C)c4ccccc4-5)c4ccc5c(c4)sc4ccccc45)cccc3c12. The van der Waals surface area contributed by atoms with Crippen molar-refractivity contribution in [3.05, 3.63) is 138 Å². The smallest absolute Gasteiger partial charge is 0.159 e. The number of para-hydroxylation sites is 1. The van der Waals surface area contributed by atoms with E-state index in [9.17, 15) is 0 Å². The minimum absolute atomic E-state index is 0.0917. The van der Waals surface area contributed by atoms with E-state index >= 15 is 0 Å². The maximum Gasteiger partial charge on any atom is 0.159 e. The largest absolute Gasteiger partial charge is 0.454 e. The van der Waals surface area contributed by atoms with Gasteiger partial charge in [0.1, 0.15) is 5.58 Å². The van der Waals surface area contributed by atoms with Gasteiger partial charge in [-0.2, -0.15) is 0 Å². The second kappa shape index (κ2) is 8.82. The number of furan rings is 1. The number of benzene rings is 6. The van der Waals surface area contributed by atoms with E-state index in [2.05, 4.69) is 147 Å². The Hall–Kier alpha value is -4.86. The number of aryl methyl sites for hydroxylation is 1. The van der Waals surface area contributed by atoms with Gasteiger partial charge in [-0.25, -0.2) is 0 Å². The first kappa shape index (κ1) is 24.7. The molecule has 206 valence electrons. The monoisotopic (exact) mass is 571 g/mol. The van der Waals surface area contributed by atoms with Gasteiger partial charge in [0.25, 0.3) is 0 Å². The van der Waals surface area contributed by atoms with Crippen molar-refractivity contribution in [2.75, 3.05) is 4.90 Å². The second-order valence-corrected chi connectivity index (χ2v) is 13.3. The van der Waals surface area contributed by atoms with Crippen molar-refractivity contribution in [2.24, 2.45) is 0 Å². The van der Waals surface area contributed by atoms with Crippen LogP contribution in [-0.2, 0) is 5.41 Å². The molecule has 0 radical (unpaired) electrons. The summed E-state index contributed by atoms with van der Waals surface area (Å²) in [6.07, 6.45) is 0. The minimum Gasteiger partial charge on any atom is -0.454 e. The van der Waals surface area contributed by atoms with Gasteiger partial charge in [-0.1, -0.05) is 92.7 Å². The average molecular weight is 572 g/mol. The predicted molar refractivity (Wildman–Crippen MR) is 184 cm³/mol. The molecule has 0 unspecified atom stereocenters. The first-order chi connectivity index (χ1) is 21.0. The fraction of sp³-hybridized carbons (Fsp3) is 0.100. The first-order valence-electron chi connectivity index (χ1n) is 14.9. The molecule has 0 saturated carbocycles. The second-order valence-electron chi connectivity index (χ2n) is 12.2. The lowest BCUT2D eigenvalue weighted by atomic mass is 9.82. The first-order valence-corrected chi connectivity index (χ1v) is 15.7. The van der Waals surface area contributed by atoms with Crippen LogP contribution in [0.1, 0.15) is 30.5 Å². The molecule has 0 amide bonds. The number of anilines is 3. The van der Waals surface area contributed by atoms with Crippen molar-refractivity contribution in [1.29, 1.82) is 0 Å². The summed E-state index contributed by atoms with van der Waals surface area (Å²) >= 11 is 1.85. The summed E-state index contributed by atoms with van der Waals surface area (Å²) in [5, 5.41) is 4.94. The number of thiophene rings is 1. The van der Waals surface area contributed by atoms with Crippen molar-refractivity contribution >= 4 is 70.5 Å². The Morgan fingerprint density at radius 3 is 2.26 bits per heavy atom. The van der Waals surface area contributed by atoms with Crippen LogP contribution in [0.2, 0.25) is 0 Å². The molecule has 0 fully saturated rings. The minimum atomic E-state index is -0.0917. The third kappa shape index (κ3) is 3.46. The lowest BCUT2D eigenvalue weighted by Crippen LogP contribution is -2.16. The van der Waals surface area contributed by atoms with Gasteiger partial charge in [0, 0.05) is 47.7 Å². The summed E-state index contributed by atoms with van der Waals surface area (Å²) in [6.45, 7) is 6.85. The predicted octanol–water partition coefficient (Wildman–Crippen LogP) is 12.0. The van der Waals surface area contributed by atoms with Crippen molar-refractivity contribution in [1.82, 2.24) is 0 Å². The van der Waals surface area contributed by atoms with Gasteiger partial charge in [0.2, 0.25) is 0 Å². The zero-order chi connectivity index (χ0) is 28.9. The molecule has 9 rings (SSSR count). The quantitative estimate of drug-likeness (QED) is 0.210. The molecule has 0 aliphatic heterocycles. The molecule has 6 aromatic carbocycles. The van der Waals surface area contributed by atoms with Crippen LogP contribution in [0.25, 0.3) is 53.2 Å². The fourth-order valence-electron chi connectivity index (χ4n) is 7.30. The molecule has 8 aromatic rings. The summed E-state index contributed by atoms with van der Waals surface area (Å²) in [4.78, 5) is 2.39. The lowest BCUT2D eigenvalue weighted by Gasteiger charge is -2.28. The molecule has 0 N–H and O–H groups in total. The van der Waals surface area contributed by atoms with E-state index in [-0.39, 0.29) is 5.41 Å². The molecule has 43 heavy (non-hydrogen) atoms. The summed E-state index contributed by atoms with van der Waals surface area (Å²) in [5.74, 6) is 0. The lowest BCUT2D eigenvalue weighted by molar-refractivity contribution is 0.660. The average Bonchev–Trinajstić information content (AvgIpc) is 3.66. The van der Waals surface area contributed by atoms with Crippen LogP contribution in [0.5, 0.6) is 0 Å². The highest BCUT2D eigenvalue weighted by Gasteiger charge is 2.36. The number of fused-ring (bicyclic) bond motifs is 9. The van der Waals surface area contributed by atoms with Gasteiger partial charge in [-0.05, 0) is 77.2 Å². The van der Waals surface area contributed by atoms with Gasteiger partial charge in [-0.15, -0.1) is 11.3 Å². The molecule has 0 bridgehead atoms. The Bertz CT molecular complexity index is 2410. The molecule has 2 nitrogen and oxygen atoms in total. The molecule has 1 aliphatic carbocycles. The third-order valence-corrected chi connectivity index (χ3v) is 10.5. The molecular weight excluding hydrogens is 543 g/mol. The van der Waals surface area contributed by atoms with Gasteiger partial charge >= 0.3 is 0 Å². The molecular formula is C40H29NOS. The van der Waals surface area contributed by atoms with Crippen LogP contribution < -0.4 is 4.90 Å². The van der Waals surface area contributed by atoms with E-state index in [1.165, 1.54) is 53.4 Å². The van der Waals surface area contributed by atoms with E-state index < -0.39 is 0 Å². The van der Waals surface area contributed by atoms with E-state index in [0.29, 0.717) is 0 Å². The standard InChI is InChI=1S/C40H29NOS/c1-24-10-8-16-35-38(24)31-13-9-15-34(39(31)42-35)41(26-19-21-30-29-12-5-7-17-36(29)43-37(30)23-26)25-18-20-28-27-11-4-6-14-32(27)40(2,3)33(28)22-25/h4-23H,1-3H3. The number of hydrogen-bond acceptors (Lipinski definition) is 3. The van der Waals surface area contributed by atoms with Crippen LogP contribution in [0.4, 0.5) is 17.1 Å². The Kier molecular flexibility index (Phi) is 5.07. The van der Waals surface area contributed by atoms with Crippen molar-refractivity contribution in [3.63, 3.8) is 0 Å². The van der Waals surface area contributed by atoms with E-state index in [1.807, 2.05) is 11.3 Å². The van der Waals surface area contributed by atoms with Crippen molar-refractivity contribution < 1.29 is 4.42 Å². The Balaban J connectivity index is 1.32. The zero-order valence-corrected chi connectivity index (χ0v) is 25.1. The van der Waals surface area contributed by atoms with Gasteiger partial charge in [0.15, 0.2) is 5.58 Å². The zero-order valence-electron chi connectivity index (χ0n) is 24.3. The van der Waals surface area contributed by atoms with Gasteiger partial charge in [-0.3, -0.25) is 0 Å². The normalized spacial score (nSPS) is 13.7. The highest BCUT2D eigenvalue weighted by molar-refractivity contribution is 7.25. The molecule has 2 heterocycles.